The van der Waals surface area contributed by atoms with Gasteiger partial charge in [-0.3, -0.25) is 9.59 Å². The number of rotatable bonds is 7. The average Bonchev–Trinajstić information content (AvgIpc) is 2.74. The van der Waals surface area contributed by atoms with Gasteiger partial charge in [-0.1, -0.05) is 18.2 Å². The van der Waals surface area contributed by atoms with Crippen molar-refractivity contribution in [3.05, 3.63) is 84.4 Å². The van der Waals surface area contributed by atoms with Gasteiger partial charge in [-0.25, -0.2) is 0 Å². The summed E-state index contributed by atoms with van der Waals surface area (Å²) in [4.78, 5) is 23.5. The minimum atomic E-state index is -0.285. The number of hydrogen-bond donors (Lipinski definition) is 2. The first-order valence-electron chi connectivity index (χ1n) is 8.72. The Hall–Kier alpha value is -3.80. The number of amides is 2. The molecule has 0 unspecified atom stereocenters. The second-order valence-corrected chi connectivity index (χ2v) is 5.88. The van der Waals surface area contributed by atoms with Crippen LogP contribution in [0.3, 0.4) is 0 Å². The van der Waals surface area contributed by atoms with E-state index in [0.717, 1.165) is 5.75 Å². The molecule has 0 heterocycles. The SMILES string of the molecule is CNC(=O)c1ccc(OCC(=O)Nc2ccc(Oc3ccccc3)cc2)cc1. The predicted octanol–water partition coefficient (Wildman–Crippen LogP) is 3.86. The van der Waals surface area contributed by atoms with Gasteiger partial charge in [0.05, 0.1) is 0 Å². The highest BCUT2D eigenvalue weighted by Gasteiger charge is 2.06. The Labute approximate surface area is 163 Å². The Balaban J connectivity index is 1.48. The zero-order valence-corrected chi connectivity index (χ0v) is 15.3. The van der Waals surface area contributed by atoms with Crippen molar-refractivity contribution in [3.8, 4) is 17.2 Å². The molecule has 0 aliphatic heterocycles. The van der Waals surface area contributed by atoms with E-state index in [2.05, 4.69) is 10.6 Å². The van der Waals surface area contributed by atoms with Gasteiger partial charge in [-0.15, -0.1) is 0 Å². The predicted molar refractivity (Wildman–Crippen MR) is 107 cm³/mol. The molecule has 0 fully saturated rings. The lowest BCUT2D eigenvalue weighted by Gasteiger charge is -2.09. The van der Waals surface area contributed by atoms with Crippen LogP contribution < -0.4 is 20.1 Å². The van der Waals surface area contributed by atoms with E-state index in [1.165, 1.54) is 0 Å². The fraction of sp³-hybridized carbons (Fsp3) is 0.0909. The standard InChI is InChI=1S/C22H20N2O4/c1-23-22(26)16-7-11-18(12-8-16)27-15-21(25)24-17-9-13-20(14-10-17)28-19-5-3-2-4-6-19/h2-14H,15H2,1H3,(H,23,26)(H,24,25). The molecule has 2 N–H and O–H groups in total. The van der Waals surface area contributed by atoms with E-state index >= 15 is 0 Å². The maximum Gasteiger partial charge on any atom is 0.262 e. The largest absolute Gasteiger partial charge is 0.484 e. The number of anilines is 1. The van der Waals surface area contributed by atoms with Crippen LogP contribution in [-0.2, 0) is 4.79 Å². The molecule has 2 amide bonds. The summed E-state index contributed by atoms with van der Waals surface area (Å²) in [6.07, 6.45) is 0. The van der Waals surface area contributed by atoms with Crippen LogP contribution in [0.25, 0.3) is 0 Å². The molecule has 3 aromatic rings. The van der Waals surface area contributed by atoms with E-state index in [-0.39, 0.29) is 18.4 Å². The van der Waals surface area contributed by atoms with Gasteiger partial charge in [0.25, 0.3) is 11.8 Å². The number of nitrogens with one attached hydrogen (secondary N) is 2. The lowest BCUT2D eigenvalue weighted by Crippen LogP contribution is -2.20. The number of para-hydroxylation sites is 1. The second-order valence-electron chi connectivity index (χ2n) is 5.88. The highest BCUT2D eigenvalue weighted by molar-refractivity contribution is 5.94. The summed E-state index contributed by atoms with van der Waals surface area (Å²) >= 11 is 0. The topological polar surface area (TPSA) is 76.7 Å². The fourth-order valence-electron chi connectivity index (χ4n) is 2.42. The van der Waals surface area contributed by atoms with Crippen LogP contribution in [0.5, 0.6) is 17.2 Å². The number of ether oxygens (including phenoxy) is 2. The van der Waals surface area contributed by atoms with Gasteiger partial charge in [0.2, 0.25) is 0 Å². The van der Waals surface area contributed by atoms with Gasteiger partial charge in [-0.2, -0.15) is 0 Å². The molecule has 3 aromatic carbocycles. The molecule has 28 heavy (non-hydrogen) atoms. The molecule has 0 saturated carbocycles. The molecule has 0 spiro atoms. The quantitative estimate of drug-likeness (QED) is 0.657. The van der Waals surface area contributed by atoms with Crippen LogP contribution in [0.4, 0.5) is 5.69 Å². The Kier molecular flexibility index (Phi) is 6.25. The van der Waals surface area contributed by atoms with Gasteiger partial charge >= 0.3 is 0 Å². The average molecular weight is 376 g/mol. The maximum atomic E-state index is 12.1. The first-order chi connectivity index (χ1) is 13.6. The zero-order valence-electron chi connectivity index (χ0n) is 15.3. The summed E-state index contributed by atoms with van der Waals surface area (Å²) < 4.78 is 11.2. The molecule has 142 valence electrons. The van der Waals surface area contributed by atoms with Crippen molar-refractivity contribution in [2.24, 2.45) is 0 Å². The summed E-state index contributed by atoms with van der Waals surface area (Å²) in [6, 6.07) is 23.1. The van der Waals surface area contributed by atoms with Gasteiger partial charge < -0.3 is 20.1 Å². The number of benzene rings is 3. The van der Waals surface area contributed by atoms with E-state index in [1.807, 2.05) is 30.3 Å². The lowest BCUT2D eigenvalue weighted by molar-refractivity contribution is -0.118. The second kappa shape index (κ2) is 9.23. The first-order valence-corrected chi connectivity index (χ1v) is 8.72. The summed E-state index contributed by atoms with van der Waals surface area (Å²) in [6.45, 7) is -0.137. The monoisotopic (exact) mass is 376 g/mol. The third kappa shape index (κ3) is 5.35. The minimum absolute atomic E-state index is 0.137. The Morgan fingerprint density at radius 3 is 2.04 bits per heavy atom. The summed E-state index contributed by atoms with van der Waals surface area (Å²) in [7, 11) is 1.57. The van der Waals surface area contributed by atoms with E-state index in [9.17, 15) is 9.59 Å². The van der Waals surface area contributed by atoms with Crippen molar-refractivity contribution in [2.45, 2.75) is 0 Å². The van der Waals surface area contributed by atoms with Crippen molar-refractivity contribution in [1.82, 2.24) is 5.32 Å². The van der Waals surface area contributed by atoms with Crippen LogP contribution in [-0.4, -0.2) is 25.5 Å². The van der Waals surface area contributed by atoms with Crippen molar-refractivity contribution in [1.29, 1.82) is 0 Å². The molecule has 3 rings (SSSR count). The zero-order chi connectivity index (χ0) is 19.8. The molecular formula is C22H20N2O4. The van der Waals surface area contributed by atoms with Crippen LogP contribution in [0, 0.1) is 0 Å². The Morgan fingerprint density at radius 1 is 0.786 bits per heavy atom. The van der Waals surface area contributed by atoms with Crippen LogP contribution in [0.2, 0.25) is 0 Å². The molecule has 0 aliphatic rings. The summed E-state index contributed by atoms with van der Waals surface area (Å²) in [5, 5.41) is 5.30. The normalized spacial score (nSPS) is 10.0. The molecule has 6 heteroatoms. The highest BCUT2D eigenvalue weighted by Crippen LogP contribution is 2.22. The van der Waals surface area contributed by atoms with Crippen LogP contribution in [0.15, 0.2) is 78.9 Å². The minimum Gasteiger partial charge on any atom is -0.484 e. The molecule has 6 nitrogen and oxygen atoms in total. The van der Waals surface area contributed by atoms with E-state index in [4.69, 9.17) is 9.47 Å². The molecule has 0 bridgehead atoms. The number of hydrogen-bond acceptors (Lipinski definition) is 4. The van der Waals surface area contributed by atoms with E-state index in [0.29, 0.717) is 22.7 Å². The Morgan fingerprint density at radius 2 is 1.39 bits per heavy atom. The summed E-state index contributed by atoms with van der Waals surface area (Å²) in [5.41, 5.74) is 1.17. The van der Waals surface area contributed by atoms with Gasteiger partial charge in [-0.05, 0) is 60.7 Å². The van der Waals surface area contributed by atoms with Crippen LogP contribution in [0.1, 0.15) is 10.4 Å². The van der Waals surface area contributed by atoms with E-state index < -0.39 is 0 Å². The molecule has 0 aliphatic carbocycles. The van der Waals surface area contributed by atoms with Gasteiger partial charge in [0, 0.05) is 18.3 Å². The third-order valence-corrected chi connectivity index (χ3v) is 3.83. The van der Waals surface area contributed by atoms with Gasteiger partial charge in [0.15, 0.2) is 6.61 Å². The molecule has 0 radical (unpaired) electrons. The van der Waals surface area contributed by atoms with Crippen molar-refractivity contribution < 1.29 is 19.1 Å². The molecular weight excluding hydrogens is 356 g/mol. The van der Waals surface area contributed by atoms with E-state index in [1.54, 1.807) is 55.6 Å². The Bertz CT molecular complexity index is 923. The first kappa shape index (κ1) is 19.0. The third-order valence-electron chi connectivity index (χ3n) is 3.83. The number of carbonyl (C=O) groups is 2. The molecule has 0 aromatic heterocycles. The molecule has 0 saturated heterocycles. The van der Waals surface area contributed by atoms with Crippen molar-refractivity contribution in [3.63, 3.8) is 0 Å². The van der Waals surface area contributed by atoms with Gasteiger partial charge in [0.1, 0.15) is 17.2 Å². The number of carbonyl (C=O) groups excluding carboxylic acids is 2. The summed E-state index contributed by atoms with van der Waals surface area (Å²) in [5.74, 6) is 1.47. The van der Waals surface area contributed by atoms with Crippen molar-refractivity contribution in [2.75, 3.05) is 19.0 Å². The molecule has 0 atom stereocenters. The smallest absolute Gasteiger partial charge is 0.262 e. The van der Waals surface area contributed by atoms with Crippen molar-refractivity contribution >= 4 is 17.5 Å². The lowest BCUT2D eigenvalue weighted by atomic mass is 10.2. The highest BCUT2D eigenvalue weighted by atomic mass is 16.5. The fourth-order valence-corrected chi connectivity index (χ4v) is 2.42. The maximum absolute atomic E-state index is 12.1. The van der Waals surface area contributed by atoms with Crippen LogP contribution >= 0.6 is 0 Å².